The number of carbonyl (C=O) groups is 2. The Morgan fingerprint density at radius 1 is 0.500 bits per heavy atom. The molecule has 6 heteroatoms. The highest BCUT2D eigenvalue weighted by atomic mass is 16.5. The van der Waals surface area contributed by atoms with Crippen molar-refractivity contribution in [2.75, 3.05) is 14.2 Å². The monoisotopic (exact) mass is 534 g/mol. The molecular formula is C34H30O6. The first-order chi connectivity index (χ1) is 19.6. The molecule has 0 spiro atoms. The van der Waals surface area contributed by atoms with Crippen LogP contribution in [0.2, 0.25) is 0 Å². The summed E-state index contributed by atoms with van der Waals surface area (Å²) in [6.07, 6.45) is 4.71. The minimum atomic E-state index is 0.279. The highest BCUT2D eigenvalue weighted by molar-refractivity contribution is 6.02. The van der Waals surface area contributed by atoms with E-state index in [1.54, 1.807) is 26.4 Å². The van der Waals surface area contributed by atoms with E-state index in [4.69, 9.17) is 18.9 Å². The topological polar surface area (TPSA) is 71.1 Å². The van der Waals surface area contributed by atoms with Gasteiger partial charge in [0.2, 0.25) is 0 Å². The Morgan fingerprint density at radius 3 is 1.12 bits per heavy atom. The molecule has 0 aliphatic heterocycles. The van der Waals surface area contributed by atoms with E-state index in [1.807, 2.05) is 97.1 Å². The van der Waals surface area contributed by atoms with Crippen LogP contribution in [0.25, 0.3) is 12.2 Å². The fourth-order valence-electron chi connectivity index (χ4n) is 3.83. The van der Waals surface area contributed by atoms with Gasteiger partial charge >= 0.3 is 0 Å². The Hall–Kier alpha value is -5.10. The number of aldehydes is 2. The molecule has 0 aliphatic carbocycles. The first-order valence-corrected chi connectivity index (χ1v) is 12.7. The van der Waals surface area contributed by atoms with Crippen LogP contribution in [-0.4, -0.2) is 26.8 Å². The van der Waals surface area contributed by atoms with E-state index in [9.17, 15) is 9.59 Å². The smallest absolute Gasteiger partial charge is 0.150 e. The van der Waals surface area contributed by atoms with Crippen LogP contribution in [0.1, 0.15) is 22.3 Å². The van der Waals surface area contributed by atoms with Crippen molar-refractivity contribution >= 4 is 24.7 Å². The highest BCUT2D eigenvalue weighted by Gasteiger charge is 2.06. The molecule has 4 aromatic carbocycles. The van der Waals surface area contributed by atoms with Crippen LogP contribution >= 0.6 is 0 Å². The first-order valence-electron chi connectivity index (χ1n) is 12.7. The molecule has 0 saturated carbocycles. The lowest BCUT2D eigenvalue weighted by molar-refractivity contribution is -0.107. The number of ether oxygens (including phenoxy) is 4. The molecule has 0 atom stereocenters. The molecule has 0 amide bonds. The van der Waals surface area contributed by atoms with Crippen molar-refractivity contribution < 1.29 is 28.5 Å². The summed E-state index contributed by atoms with van der Waals surface area (Å²) in [4.78, 5) is 23.7. The van der Waals surface area contributed by atoms with Gasteiger partial charge in [0.15, 0.2) is 12.6 Å². The van der Waals surface area contributed by atoms with Crippen LogP contribution in [-0.2, 0) is 22.8 Å². The standard InChI is InChI=1S/C34H30O6/c1-37-31-11-7-27(8-12-31)23-39-33-15-3-25(4-16-33)19-29(21-35)30(22-36)20-26-5-17-34(18-6-26)40-24-28-9-13-32(38-2)14-10-28/h3-22H,23-24H2,1-2H3. The van der Waals surface area contributed by atoms with Gasteiger partial charge in [-0.1, -0.05) is 48.5 Å². The fraction of sp³-hybridized carbons (Fsp3) is 0.118. The van der Waals surface area contributed by atoms with Crippen molar-refractivity contribution in [1.82, 2.24) is 0 Å². The van der Waals surface area contributed by atoms with E-state index in [0.29, 0.717) is 37.3 Å². The van der Waals surface area contributed by atoms with Gasteiger partial charge in [0.1, 0.15) is 36.2 Å². The number of benzene rings is 4. The number of rotatable bonds is 13. The van der Waals surface area contributed by atoms with Crippen LogP contribution in [0.5, 0.6) is 23.0 Å². The molecule has 0 saturated heterocycles. The molecular weight excluding hydrogens is 504 g/mol. The largest absolute Gasteiger partial charge is 0.497 e. The Morgan fingerprint density at radius 2 is 0.825 bits per heavy atom. The Balaban J connectivity index is 1.37. The lowest BCUT2D eigenvalue weighted by atomic mass is 10.0. The summed E-state index contributed by atoms with van der Waals surface area (Å²) in [5.41, 5.74) is 4.14. The van der Waals surface area contributed by atoms with Crippen molar-refractivity contribution in [2.45, 2.75) is 13.2 Å². The second-order valence-electron chi connectivity index (χ2n) is 8.85. The highest BCUT2D eigenvalue weighted by Crippen LogP contribution is 2.21. The van der Waals surface area contributed by atoms with Gasteiger partial charge in [-0.2, -0.15) is 0 Å². The Labute approximate surface area is 234 Å². The molecule has 4 rings (SSSR count). The molecule has 0 N–H and O–H groups in total. The molecule has 202 valence electrons. The van der Waals surface area contributed by atoms with E-state index < -0.39 is 0 Å². The zero-order valence-corrected chi connectivity index (χ0v) is 22.4. The second-order valence-corrected chi connectivity index (χ2v) is 8.85. The van der Waals surface area contributed by atoms with Gasteiger partial charge in [0.05, 0.1) is 14.2 Å². The van der Waals surface area contributed by atoms with Gasteiger partial charge in [0.25, 0.3) is 0 Å². The third-order valence-corrected chi connectivity index (χ3v) is 6.12. The minimum absolute atomic E-state index is 0.279. The predicted octanol–water partition coefficient (Wildman–Crippen LogP) is 6.73. The quantitative estimate of drug-likeness (QED) is 0.108. The van der Waals surface area contributed by atoms with Crippen LogP contribution in [0.15, 0.2) is 108 Å². The molecule has 40 heavy (non-hydrogen) atoms. The molecule has 0 aromatic heterocycles. The van der Waals surface area contributed by atoms with Crippen LogP contribution in [0.4, 0.5) is 0 Å². The van der Waals surface area contributed by atoms with Crippen LogP contribution < -0.4 is 18.9 Å². The molecule has 0 heterocycles. The summed E-state index contributed by atoms with van der Waals surface area (Å²) >= 11 is 0. The maximum Gasteiger partial charge on any atom is 0.150 e. The van der Waals surface area contributed by atoms with E-state index in [-0.39, 0.29) is 11.1 Å². The normalized spacial score (nSPS) is 11.4. The predicted molar refractivity (Wildman–Crippen MR) is 156 cm³/mol. The minimum Gasteiger partial charge on any atom is -0.497 e. The molecule has 0 aliphatic rings. The maximum absolute atomic E-state index is 11.9. The van der Waals surface area contributed by atoms with Gasteiger partial charge in [0, 0.05) is 11.1 Å². The van der Waals surface area contributed by atoms with Crippen molar-refractivity contribution in [2.24, 2.45) is 0 Å². The lowest BCUT2D eigenvalue weighted by Gasteiger charge is -2.08. The maximum atomic E-state index is 11.9. The van der Waals surface area contributed by atoms with Crippen LogP contribution in [0, 0.1) is 0 Å². The molecule has 6 nitrogen and oxygen atoms in total. The van der Waals surface area contributed by atoms with Gasteiger partial charge in [-0.25, -0.2) is 0 Å². The van der Waals surface area contributed by atoms with E-state index >= 15 is 0 Å². The van der Waals surface area contributed by atoms with Crippen molar-refractivity contribution in [3.05, 3.63) is 130 Å². The summed E-state index contributed by atoms with van der Waals surface area (Å²) < 4.78 is 22.0. The number of carbonyl (C=O) groups excluding carboxylic acids is 2. The SMILES string of the molecule is COc1ccc(COc2ccc(C=C(C=O)C(C=O)=Cc3ccc(OCc4ccc(OC)cc4)cc3)cc2)cc1. The lowest BCUT2D eigenvalue weighted by Crippen LogP contribution is -1.96. The van der Waals surface area contributed by atoms with Gasteiger partial charge in [-0.05, 0) is 82.9 Å². The average Bonchev–Trinajstić information content (AvgIpc) is 3.02. The van der Waals surface area contributed by atoms with Crippen molar-refractivity contribution in [3.8, 4) is 23.0 Å². The molecule has 0 radical (unpaired) electrons. The average molecular weight is 535 g/mol. The third kappa shape index (κ3) is 7.95. The zero-order chi connectivity index (χ0) is 28.2. The first kappa shape index (κ1) is 27.9. The van der Waals surface area contributed by atoms with Gasteiger partial charge < -0.3 is 18.9 Å². The number of methoxy groups -OCH3 is 2. The number of hydrogen-bond acceptors (Lipinski definition) is 6. The number of allylic oxidation sites excluding steroid dienone is 2. The Bertz CT molecular complexity index is 1330. The van der Waals surface area contributed by atoms with E-state index in [1.165, 1.54) is 0 Å². The van der Waals surface area contributed by atoms with E-state index in [2.05, 4.69) is 0 Å². The summed E-state index contributed by atoms with van der Waals surface area (Å²) in [7, 11) is 3.26. The molecule has 0 bridgehead atoms. The molecule has 0 unspecified atom stereocenters. The zero-order valence-electron chi connectivity index (χ0n) is 22.4. The van der Waals surface area contributed by atoms with Gasteiger partial charge in [-0.3, -0.25) is 9.59 Å². The number of hydrogen-bond donors (Lipinski definition) is 0. The third-order valence-electron chi connectivity index (χ3n) is 6.12. The molecule has 0 fully saturated rings. The van der Waals surface area contributed by atoms with Gasteiger partial charge in [-0.15, -0.1) is 0 Å². The molecule has 4 aromatic rings. The second kappa shape index (κ2) is 14.2. The Kier molecular flexibility index (Phi) is 9.89. The fourth-order valence-corrected chi connectivity index (χ4v) is 3.83. The summed E-state index contributed by atoms with van der Waals surface area (Å²) in [5, 5.41) is 0. The van der Waals surface area contributed by atoms with E-state index in [0.717, 1.165) is 33.8 Å². The summed E-state index contributed by atoms with van der Waals surface area (Å²) in [6.45, 7) is 0.838. The summed E-state index contributed by atoms with van der Waals surface area (Å²) in [6, 6.07) is 30.0. The van der Waals surface area contributed by atoms with Crippen LogP contribution in [0.3, 0.4) is 0 Å². The summed E-state index contributed by atoms with van der Waals surface area (Å²) in [5.74, 6) is 2.98. The van der Waals surface area contributed by atoms with Crippen molar-refractivity contribution in [1.29, 1.82) is 0 Å². The van der Waals surface area contributed by atoms with Crippen molar-refractivity contribution in [3.63, 3.8) is 0 Å².